The predicted octanol–water partition coefficient (Wildman–Crippen LogP) is 1.75. The van der Waals surface area contributed by atoms with Crippen LogP contribution in [0.2, 0.25) is 0 Å². The Hall–Kier alpha value is -0.480. The lowest BCUT2D eigenvalue weighted by Gasteiger charge is -2.00. The van der Waals surface area contributed by atoms with Crippen LogP contribution < -0.4 is 5.32 Å². The molecule has 0 aromatic carbocycles. The summed E-state index contributed by atoms with van der Waals surface area (Å²) in [7, 11) is 0. The van der Waals surface area contributed by atoms with Crippen molar-refractivity contribution in [1.29, 1.82) is 0 Å². The van der Waals surface area contributed by atoms with Gasteiger partial charge >= 0.3 is 0 Å². The summed E-state index contributed by atoms with van der Waals surface area (Å²) >= 11 is 1.95. The van der Waals surface area contributed by atoms with Gasteiger partial charge in [-0.3, -0.25) is 4.68 Å². The van der Waals surface area contributed by atoms with E-state index >= 15 is 0 Å². The smallest absolute Gasteiger partial charge is 0.0762 e. The molecule has 0 saturated carbocycles. The summed E-state index contributed by atoms with van der Waals surface area (Å²) in [4.78, 5) is 0. The monoisotopic (exact) mass is 213 g/mol. The average molecular weight is 213 g/mol. The standard InChI is InChI=1S/C10H19N3S/c1-3-11-9-10-5-6-13(12-10)7-8-14-4-2/h5-6,11H,3-4,7-9H2,1-2H3. The Morgan fingerprint density at radius 3 is 3.07 bits per heavy atom. The summed E-state index contributed by atoms with van der Waals surface area (Å²) in [5.74, 6) is 2.34. The van der Waals surface area contributed by atoms with Crippen LogP contribution in [0.25, 0.3) is 0 Å². The highest BCUT2D eigenvalue weighted by molar-refractivity contribution is 7.99. The van der Waals surface area contributed by atoms with Crippen molar-refractivity contribution in [2.75, 3.05) is 18.1 Å². The fourth-order valence-electron chi connectivity index (χ4n) is 1.18. The Kier molecular flexibility index (Phi) is 5.71. The Bertz CT molecular complexity index is 247. The molecule has 1 heterocycles. The largest absolute Gasteiger partial charge is 0.311 e. The molecule has 0 radical (unpaired) electrons. The first kappa shape index (κ1) is 11.6. The van der Waals surface area contributed by atoms with E-state index in [0.29, 0.717) is 0 Å². The molecule has 1 aromatic heterocycles. The van der Waals surface area contributed by atoms with E-state index in [1.807, 2.05) is 16.4 Å². The van der Waals surface area contributed by atoms with Crippen LogP contribution in [-0.4, -0.2) is 27.8 Å². The van der Waals surface area contributed by atoms with Gasteiger partial charge in [-0.2, -0.15) is 16.9 Å². The summed E-state index contributed by atoms with van der Waals surface area (Å²) in [6, 6.07) is 2.08. The van der Waals surface area contributed by atoms with Gasteiger partial charge in [0.05, 0.1) is 5.69 Å². The van der Waals surface area contributed by atoms with Gasteiger partial charge in [-0.25, -0.2) is 0 Å². The van der Waals surface area contributed by atoms with Crippen molar-refractivity contribution in [3.05, 3.63) is 18.0 Å². The number of thioether (sulfide) groups is 1. The lowest BCUT2D eigenvalue weighted by atomic mass is 10.4. The van der Waals surface area contributed by atoms with Crippen molar-refractivity contribution >= 4 is 11.8 Å². The fourth-order valence-corrected chi connectivity index (χ4v) is 1.78. The first-order chi connectivity index (χ1) is 6.86. The Balaban J connectivity index is 2.27. The van der Waals surface area contributed by atoms with Crippen LogP contribution in [0.4, 0.5) is 0 Å². The van der Waals surface area contributed by atoms with E-state index < -0.39 is 0 Å². The highest BCUT2D eigenvalue weighted by atomic mass is 32.2. The molecule has 0 aliphatic rings. The van der Waals surface area contributed by atoms with Gasteiger partial charge in [-0.05, 0) is 18.4 Å². The molecular weight excluding hydrogens is 194 g/mol. The molecule has 0 spiro atoms. The third kappa shape index (κ3) is 4.15. The SMILES string of the molecule is CCNCc1ccn(CCSCC)n1. The summed E-state index contributed by atoms with van der Waals surface area (Å²) in [5.41, 5.74) is 1.13. The second kappa shape index (κ2) is 6.90. The van der Waals surface area contributed by atoms with Gasteiger partial charge in [0.25, 0.3) is 0 Å². The Morgan fingerprint density at radius 2 is 2.36 bits per heavy atom. The zero-order valence-corrected chi connectivity index (χ0v) is 9.81. The molecule has 0 saturated heterocycles. The van der Waals surface area contributed by atoms with Crippen molar-refractivity contribution in [3.8, 4) is 0 Å². The van der Waals surface area contributed by atoms with Gasteiger partial charge in [0, 0.05) is 25.0 Å². The minimum Gasteiger partial charge on any atom is -0.311 e. The zero-order valence-electron chi connectivity index (χ0n) is 8.99. The number of hydrogen-bond donors (Lipinski definition) is 1. The van der Waals surface area contributed by atoms with E-state index in [9.17, 15) is 0 Å². The Labute approximate surface area is 90.3 Å². The van der Waals surface area contributed by atoms with Crippen LogP contribution in [0.1, 0.15) is 19.5 Å². The molecular formula is C10H19N3S. The lowest BCUT2D eigenvalue weighted by molar-refractivity contribution is 0.632. The summed E-state index contributed by atoms with van der Waals surface area (Å²) in [6.45, 7) is 7.19. The third-order valence-electron chi connectivity index (χ3n) is 1.92. The van der Waals surface area contributed by atoms with Crippen LogP contribution in [-0.2, 0) is 13.1 Å². The first-order valence-electron chi connectivity index (χ1n) is 5.17. The fraction of sp³-hybridized carbons (Fsp3) is 0.700. The predicted molar refractivity (Wildman–Crippen MR) is 62.6 cm³/mol. The van der Waals surface area contributed by atoms with Gasteiger partial charge in [0.1, 0.15) is 0 Å². The number of hydrogen-bond acceptors (Lipinski definition) is 3. The van der Waals surface area contributed by atoms with Crippen LogP contribution >= 0.6 is 11.8 Å². The summed E-state index contributed by atoms with van der Waals surface area (Å²) < 4.78 is 2.02. The molecule has 4 heteroatoms. The first-order valence-corrected chi connectivity index (χ1v) is 6.33. The van der Waals surface area contributed by atoms with E-state index in [1.165, 1.54) is 5.75 Å². The summed E-state index contributed by atoms with van der Waals surface area (Å²) in [6.07, 6.45) is 2.06. The highest BCUT2D eigenvalue weighted by Gasteiger charge is 1.97. The molecule has 0 fully saturated rings. The van der Waals surface area contributed by atoms with Gasteiger partial charge < -0.3 is 5.32 Å². The third-order valence-corrected chi connectivity index (χ3v) is 2.80. The van der Waals surface area contributed by atoms with Gasteiger partial charge in [-0.15, -0.1) is 0 Å². The van der Waals surface area contributed by atoms with E-state index in [2.05, 4.69) is 36.5 Å². The molecule has 80 valence electrons. The molecule has 1 rings (SSSR count). The van der Waals surface area contributed by atoms with E-state index in [1.54, 1.807) is 0 Å². The molecule has 0 aliphatic heterocycles. The number of nitrogens with one attached hydrogen (secondary N) is 1. The number of rotatable bonds is 7. The van der Waals surface area contributed by atoms with E-state index in [-0.39, 0.29) is 0 Å². The van der Waals surface area contributed by atoms with Crippen molar-refractivity contribution < 1.29 is 0 Å². The maximum absolute atomic E-state index is 4.46. The summed E-state index contributed by atoms with van der Waals surface area (Å²) in [5, 5.41) is 7.72. The van der Waals surface area contributed by atoms with Crippen molar-refractivity contribution in [1.82, 2.24) is 15.1 Å². The highest BCUT2D eigenvalue weighted by Crippen LogP contribution is 2.01. The molecule has 0 bridgehead atoms. The topological polar surface area (TPSA) is 29.9 Å². The second-order valence-corrected chi connectivity index (χ2v) is 4.44. The molecule has 1 aromatic rings. The average Bonchev–Trinajstić information content (AvgIpc) is 2.63. The van der Waals surface area contributed by atoms with Crippen molar-refractivity contribution in [3.63, 3.8) is 0 Å². The van der Waals surface area contributed by atoms with Gasteiger partial charge in [-0.1, -0.05) is 13.8 Å². The molecule has 1 N–H and O–H groups in total. The minimum atomic E-state index is 0.879. The maximum Gasteiger partial charge on any atom is 0.0762 e. The van der Waals surface area contributed by atoms with Crippen LogP contribution in [0.15, 0.2) is 12.3 Å². The number of nitrogens with zero attached hydrogens (tertiary/aromatic N) is 2. The van der Waals surface area contributed by atoms with E-state index in [0.717, 1.165) is 31.1 Å². The van der Waals surface area contributed by atoms with Gasteiger partial charge in [0.2, 0.25) is 0 Å². The zero-order chi connectivity index (χ0) is 10.2. The van der Waals surface area contributed by atoms with Crippen LogP contribution in [0.3, 0.4) is 0 Å². The molecule has 0 atom stereocenters. The number of aromatic nitrogens is 2. The second-order valence-electron chi connectivity index (χ2n) is 3.05. The van der Waals surface area contributed by atoms with Crippen molar-refractivity contribution in [2.24, 2.45) is 0 Å². The lowest BCUT2D eigenvalue weighted by Crippen LogP contribution is -2.12. The minimum absolute atomic E-state index is 0.879. The number of aryl methyl sites for hydroxylation is 1. The quantitative estimate of drug-likeness (QED) is 0.700. The van der Waals surface area contributed by atoms with Crippen molar-refractivity contribution in [2.45, 2.75) is 26.9 Å². The van der Waals surface area contributed by atoms with Gasteiger partial charge in [0.15, 0.2) is 0 Å². The molecule has 0 unspecified atom stereocenters. The molecule has 14 heavy (non-hydrogen) atoms. The maximum atomic E-state index is 4.46. The van der Waals surface area contributed by atoms with Crippen LogP contribution in [0.5, 0.6) is 0 Å². The Morgan fingerprint density at radius 1 is 1.50 bits per heavy atom. The van der Waals surface area contributed by atoms with Crippen LogP contribution in [0, 0.1) is 0 Å². The van der Waals surface area contributed by atoms with E-state index in [4.69, 9.17) is 0 Å². The normalized spacial score (nSPS) is 10.7. The molecule has 0 amide bonds. The molecule has 0 aliphatic carbocycles. The molecule has 3 nitrogen and oxygen atoms in total.